The number of carbonyl (C=O) groups is 1. The van der Waals surface area contributed by atoms with Crippen LogP contribution >= 0.6 is 0 Å². The van der Waals surface area contributed by atoms with Gasteiger partial charge in [-0.05, 0) is 37.6 Å². The molecule has 0 spiro atoms. The van der Waals surface area contributed by atoms with Gasteiger partial charge in [-0.1, -0.05) is 0 Å². The van der Waals surface area contributed by atoms with Crippen LogP contribution in [-0.2, 0) is 4.74 Å². The number of amides is 1. The van der Waals surface area contributed by atoms with Crippen LogP contribution in [0.15, 0.2) is 24.3 Å². The number of aliphatic hydroxyl groups excluding tert-OH is 1. The van der Waals surface area contributed by atoms with E-state index < -0.39 is 0 Å². The zero-order valence-electron chi connectivity index (χ0n) is 12.7. The maximum Gasteiger partial charge on any atom is 0.251 e. The van der Waals surface area contributed by atoms with Gasteiger partial charge in [-0.2, -0.15) is 0 Å². The van der Waals surface area contributed by atoms with E-state index in [1.165, 1.54) is 0 Å². The molecule has 5 nitrogen and oxygen atoms in total. The molecule has 1 aliphatic rings. The highest BCUT2D eigenvalue weighted by atomic mass is 16.5. The molecule has 1 aromatic carbocycles. The fourth-order valence-electron chi connectivity index (χ4n) is 2.61. The highest BCUT2D eigenvalue weighted by Crippen LogP contribution is 2.25. The number of carbonyl (C=O) groups excluding carboxylic acids is 1. The summed E-state index contributed by atoms with van der Waals surface area (Å²) in [6.45, 7) is 4.70. The summed E-state index contributed by atoms with van der Waals surface area (Å²) in [6.07, 6.45) is 0.748. The highest BCUT2D eigenvalue weighted by molar-refractivity contribution is 5.94. The lowest BCUT2D eigenvalue weighted by Gasteiger charge is -2.20. The van der Waals surface area contributed by atoms with Crippen LogP contribution in [0.1, 0.15) is 23.7 Å². The first-order valence-corrected chi connectivity index (χ1v) is 7.42. The fourth-order valence-corrected chi connectivity index (χ4v) is 2.61. The maximum absolute atomic E-state index is 11.9. The number of anilines is 1. The zero-order chi connectivity index (χ0) is 15.2. The molecule has 5 heteroatoms. The van der Waals surface area contributed by atoms with Crippen molar-refractivity contribution in [3.63, 3.8) is 0 Å². The molecule has 2 atom stereocenters. The summed E-state index contributed by atoms with van der Waals surface area (Å²) in [5, 5.41) is 12.4. The zero-order valence-corrected chi connectivity index (χ0v) is 12.7. The van der Waals surface area contributed by atoms with Crippen LogP contribution in [0.4, 0.5) is 5.69 Å². The topological polar surface area (TPSA) is 61.8 Å². The summed E-state index contributed by atoms with van der Waals surface area (Å²) in [6, 6.07) is 7.62. The number of hydrogen-bond donors (Lipinski definition) is 2. The summed E-state index contributed by atoms with van der Waals surface area (Å²) >= 11 is 0. The van der Waals surface area contributed by atoms with Crippen LogP contribution in [0.2, 0.25) is 0 Å². The molecule has 0 radical (unpaired) electrons. The van der Waals surface area contributed by atoms with Gasteiger partial charge in [0.25, 0.3) is 5.91 Å². The van der Waals surface area contributed by atoms with Gasteiger partial charge in [-0.25, -0.2) is 0 Å². The lowest BCUT2D eigenvalue weighted by atomic mass is 10.0. The number of aliphatic hydroxyl groups is 1. The Morgan fingerprint density at radius 1 is 1.48 bits per heavy atom. The third-order valence-electron chi connectivity index (χ3n) is 3.99. The Kier molecular flexibility index (Phi) is 5.59. The Hall–Kier alpha value is -1.59. The van der Waals surface area contributed by atoms with E-state index in [0.29, 0.717) is 24.6 Å². The second-order valence-electron chi connectivity index (χ2n) is 5.53. The molecule has 1 amide bonds. The molecule has 2 N–H and O–H groups in total. The van der Waals surface area contributed by atoms with E-state index in [-0.39, 0.29) is 12.0 Å². The second kappa shape index (κ2) is 7.43. The minimum atomic E-state index is -0.263. The van der Waals surface area contributed by atoms with Gasteiger partial charge in [0.05, 0.1) is 12.7 Å². The van der Waals surface area contributed by atoms with Crippen molar-refractivity contribution in [1.29, 1.82) is 0 Å². The van der Waals surface area contributed by atoms with Crippen molar-refractivity contribution in [3.8, 4) is 0 Å². The average molecular weight is 292 g/mol. The maximum atomic E-state index is 11.9. The van der Waals surface area contributed by atoms with Crippen LogP contribution in [0.3, 0.4) is 0 Å². The molecule has 0 aromatic heterocycles. The number of benzene rings is 1. The molecule has 1 fully saturated rings. The molecule has 21 heavy (non-hydrogen) atoms. The molecule has 1 aromatic rings. The SMILES string of the molecule is COCCNC(=O)c1ccc(N2CCC(C(C)O)C2)cc1. The number of ether oxygens (including phenoxy) is 1. The van der Waals surface area contributed by atoms with Gasteiger partial charge < -0.3 is 20.1 Å². The Bertz CT molecular complexity index is 459. The molecular weight excluding hydrogens is 268 g/mol. The Morgan fingerprint density at radius 3 is 2.76 bits per heavy atom. The third-order valence-corrected chi connectivity index (χ3v) is 3.99. The van der Waals surface area contributed by atoms with E-state index in [9.17, 15) is 9.90 Å². The monoisotopic (exact) mass is 292 g/mol. The first-order chi connectivity index (χ1) is 10.1. The molecular formula is C16H24N2O3. The van der Waals surface area contributed by atoms with Crippen molar-refractivity contribution in [2.24, 2.45) is 5.92 Å². The number of rotatable bonds is 6. The molecule has 1 aliphatic heterocycles. The summed E-state index contributed by atoms with van der Waals surface area (Å²) in [7, 11) is 1.61. The van der Waals surface area contributed by atoms with Crippen molar-refractivity contribution < 1.29 is 14.6 Å². The summed E-state index contributed by atoms with van der Waals surface area (Å²) < 4.78 is 4.90. The first-order valence-electron chi connectivity index (χ1n) is 7.42. The highest BCUT2D eigenvalue weighted by Gasteiger charge is 2.26. The van der Waals surface area contributed by atoms with E-state index in [4.69, 9.17) is 4.74 Å². The first kappa shape index (κ1) is 15.8. The van der Waals surface area contributed by atoms with Crippen LogP contribution in [0, 0.1) is 5.92 Å². The van der Waals surface area contributed by atoms with Gasteiger partial charge in [0, 0.05) is 43.9 Å². The number of nitrogens with zero attached hydrogens (tertiary/aromatic N) is 1. The fraction of sp³-hybridized carbons (Fsp3) is 0.562. The van der Waals surface area contributed by atoms with Crippen molar-refractivity contribution in [3.05, 3.63) is 29.8 Å². The predicted octanol–water partition coefficient (Wildman–Crippen LogP) is 1.27. The van der Waals surface area contributed by atoms with Gasteiger partial charge >= 0.3 is 0 Å². The molecule has 1 saturated heterocycles. The predicted molar refractivity (Wildman–Crippen MR) is 82.7 cm³/mol. The van der Waals surface area contributed by atoms with Crippen molar-refractivity contribution >= 4 is 11.6 Å². The standard InChI is InChI=1S/C16H24N2O3/c1-12(19)14-7-9-18(11-14)15-5-3-13(4-6-15)16(20)17-8-10-21-2/h3-6,12,14,19H,7-11H2,1-2H3,(H,17,20). The molecule has 0 saturated carbocycles. The van der Waals surface area contributed by atoms with Crippen LogP contribution < -0.4 is 10.2 Å². The van der Waals surface area contributed by atoms with Gasteiger partial charge in [0.15, 0.2) is 0 Å². The average Bonchev–Trinajstić information content (AvgIpc) is 2.97. The number of methoxy groups -OCH3 is 1. The summed E-state index contributed by atoms with van der Waals surface area (Å²) in [4.78, 5) is 14.1. The van der Waals surface area contributed by atoms with Gasteiger partial charge in [-0.3, -0.25) is 4.79 Å². The van der Waals surface area contributed by atoms with Crippen LogP contribution in [-0.4, -0.2) is 50.5 Å². The third kappa shape index (κ3) is 4.19. The van der Waals surface area contributed by atoms with E-state index in [2.05, 4.69) is 10.2 Å². The summed E-state index contributed by atoms with van der Waals surface area (Å²) in [5.74, 6) is 0.254. The smallest absolute Gasteiger partial charge is 0.251 e. The van der Waals surface area contributed by atoms with Crippen molar-refractivity contribution in [2.75, 3.05) is 38.3 Å². The van der Waals surface area contributed by atoms with Crippen LogP contribution in [0.25, 0.3) is 0 Å². The molecule has 2 rings (SSSR count). The lowest BCUT2D eigenvalue weighted by Crippen LogP contribution is -2.27. The molecule has 0 bridgehead atoms. The van der Waals surface area contributed by atoms with E-state index in [0.717, 1.165) is 25.2 Å². The van der Waals surface area contributed by atoms with Gasteiger partial charge in [-0.15, -0.1) is 0 Å². The number of nitrogens with one attached hydrogen (secondary N) is 1. The van der Waals surface area contributed by atoms with E-state index in [1.54, 1.807) is 7.11 Å². The van der Waals surface area contributed by atoms with Crippen LogP contribution in [0.5, 0.6) is 0 Å². The van der Waals surface area contributed by atoms with E-state index in [1.807, 2.05) is 31.2 Å². The number of hydrogen-bond acceptors (Lipinski definition) is 4. The normalized spacial score (nSPS) is 19.6. The molecule has 116 valence electrons. The van der Waals surface area contributed by atoms with Crippen molar-refractivity contribution in [1.82, 2.24) is 5.32 Å². The van der Waals surface area contributed by atoms with Gasteiger partial charge in [0.1, 0.15) is 0 Å². The minimum Gasteiger partial charge on any atom is -0.393 e. The molecule has 1 heterocycles. The minimum absolute atomic E-state index is 0.0816. The largest absolute Gasteiger partial charge is 0.393 e. The Labute approximate surface area is 125 Å². The summed E-state index contributed by atoms with van der Waals surface area (Å²) in [5.41, 5.74) is 1.76. The molecule has 2 unspecified atom stereocenters. The second-order valence-corrected chi connectivity index (χ2v) is 5.53. The quantitative estimate of drug-likeness (QED) is 0.775. The molecule has 0 aliphatic carbocycles. The Morgan fingerprint density at radius 2 is 2.19 bits per heavy atom. The lowest BCUT2D eigenvalue weighted by molar-refractivity contribution is 0.0937. The van der Waals surface area contributed by atoms with Gasteiger partial charge in [0.2, 0.25) is 0 Å². The van der Waals surface area contributed by atoms with E-state index >= 15 is 0 Å². The van der Waals surface area contributed by atoms with Crippen molar-refractivity contribution in [2.45, 2.75) is 19.4 Å². The Balaban J connectivity index is 1.92.